The van der Waals surface area contributed by atoms with E-state index in [1.165, 1.54) is 0 Å². The van der Waals surface area contributed by atoms with Gasteiger partial charge in [0.1, 0.15) is 0 Å². The van der Waals surface area contributed by atoms with Crippen molar-refractivity contribution in [2.75, 3.05) is 6.61 Å². The number of rotatable bonds is 4. The van der Waals surface area contributed by atoms with Crippen LogP contribution in [0.1, 0.15) is 25.8 Å². The number of hydrogen-bond donors (Lipinski definition) is 1. The molecule has 0 aromatic heterocycles. The van der Waals surface area contributed by atoms with Crippen LogP contribution in [-0.2, 0) is 15.1 Å². The van der Waals surface area contributed by atoms with E-state index < -0.39 is 5.54 Å². The summed E-state index contributed by atoms with van der Waals surface area (Å²) in [6.07, 6.45) is 0.199. The number of ether oxygens (including phenoxy) is 1. The van der Waals surface area contributed by atoms with Gasteiger partial charge < -0.3 is 10.5 Å². The molecular weight excluding hydrogens is 226 g/mol. The summed E-state index contributed by atoms with van der Waals surface area (Å²) in [7, 11) is 0. The molecule has 1 rings (SSSR count). The maximum absolute atomic E-state index is 11.3. The van der Waals surface area contributed by atoms with E-state index in [-0.39, 0.29) is 24.8 Å². The molecule has 0 bridgehead atoms. The second-order valence-corrected chi connectivity index (χ2v) is 3.77. The van der Waals surface area contributed by atoms with Crippen molar-refractivity contribution in [2.45, 2.75) is 25.8 Å². The highest BCUT2D eigenvalue weighted by Gasteiger charge is 2.25. The molecule has 3 nitrogen and oxygen atoms in total. The fraction of sp³-hybridized carbons (Fsp3) is 0.417. The molecule has 2 N–H and O–H groups in total. The highest BCUT2D eigenvalue weighted by atomic mass is 35.5. The van der Waals surface area contributed by atoms with Gasteiger partial charge in [-0.2, -0.15) is 0 Å². The summed E-state index contributed by atoms with van der Waals surface area (Å²) in [5.74, 6) is -0.258. The second-order valence-electron chi connectivity index (χ2n) is 3.77. The first-order valence-electron chi connectivity index (χ1n) is 5.06. The summed E-state index contributed by atoms with van der Waals surface area (Å²) >= 11 is 0. The third kappa shape index (κ3) is 4.21. The molecule has 0 radical (unpaired) electrons. The lowest BCUT2D eigenvalue weighted by atomic mass is 9.90. The number of hydrogen-bond acceptors (Lipinski definition) is 3. The van der Waals surface area contributed by atoms with E-state index in [9.17, 15) is 4.79 Å². The normalized spacial score (nSPS) is 13.4. The zero-order valence-corrected chi connectivity index (χ0v) is 10.4. The van der Waals surface area contributed by atoms with Gasteiger partial charge in [-0.15, -0.1) is 12.4 Å². The van der Waals surface area contributed by atoms with E-state index in [4.69, 9.17) is 10.5 Å². The van der Waals surface area contributed by atoms with Gasteiger partial charge in [0.2, 0.25) is 0 Å². The van der Waals surface area contributed by atoms with Crippen LogP contribution in [0.15, 0.2) is 30.3 Å². The van der Waals surface area contributed by atoms with Crippen LogP contribution >= 0.6 is 12.4 Å². The highest BCUT2D eigenvalue weighted by Crippen LogP contribution is 2.21. The standard InChI is InChI=1S/C12H17NO2.ClH/c1-3-15-11(14)9-12(2,13)10-7-5-4-6-8-10;/h4-8H,3,9,13H2,1-2H3;1H. The minimum Gasteiger partial charge on any atom is -0.466 e. The van der Waals surface area contributed by atoms with Crippen LogP contribution < -0.4 is 5.73 Å². The van der Waals surface area contributed by atoms with Gasteiger partial charge in [-0.05, 0) is 19.4 Å². The average molecular weight is 244 g/mol. The van der Waals surface area contributed by atoms with Crippen molar-refractivity contribution in [2.24, 2.45) is 5.73 Å². The Bertz CT molecular complexity index is 325. The number of benzene rings is 1. The average Bonchev–Trinajstić information content (AvgIpc) is 2.18. The van der Waals surface area contributed by atoms with Crippen LogP contribution in [0.25, 0.3) is 0 Å². The predicted octanol–water partition coefficient (Wildman–Crippen LogP) is 2.24. The minimum atomic E-state index is -0.659. The summed E-state index contributed by atoms with van der Waals surface area (Å²) in [4.78, 5) is 11.3. The zero-order chi connectivity index (χ0) is 11.3. The first-order valence-corrected chi connectivity index (χ1v) is 5.06. The number of halogens is 1. The summed E-state index contributed by atoms with van der Waals surface area (Å²) in [5.41, 5.74) is 6.35. The molecule has 4 heteroatoms. The largest absolute Gasteiger partial charge is 0.466 e. The van der Waals surface area contributed by atoms with Gasteiger partial charge in [-0.1, -0.05) is 30.3 Å². The maximum Gasteiger partial charge on any atom is 0.307 e. The van der Waals surface area contributed by atoms with Gasteiger partial charge in [0.25, 0.3) is 0 Å². The van der Waals surface area contributed by atoms with Gasteiger partial charge in [0.15, 0.2) is 0 Å². The number of esters is 1. The van der Waals surface area contributed by atoms with Gasteiger partial charge in [0.05, 0.1) is 13.0 Å². The number of carbonyl (C=O) groups is 1. The van der Waals surface area contributed by atoms with E-state index in [0.717, 1.165) is 5.56 Å². The lowest BCUT2D eigenvalue weighted by molar-refractivity contribution is -0.144. The molecule has 16 heavy (non-hydrogen) atoms. The molecule has 0 aliphatic carbocycles. The molecule has 1 aromatic rings. The van der Waals surface area contributed by atoms with E-state index in [2.05, 4.69) is 0 Å². The minimum absolute atomic E-state index is 0. The summed E-state index contributed by atoms with van der Waals surface area (Å²) in [6.45, 7) is 4.01. The van der Waals surface area contributed by atoms with Crippen molar-refractivity contribution in [1.82, 2.24) is 0 Å². The third-order valence-corrected chi connectivity index (χ3v) is 2.25. The molecule has 1 aromatic carbocycles. The van der Waals surface area contributed by atoms with Crippen LogP contribution in [0.5, 0.6) is 0 Å². The van der Waals surface area contributed by atoms with E-state index in [0.29, 0.717) is 6.61 Å². The Morgan fingerprint density at radius 2 is 1.94 bits per heavy atom. The summed E-state index contributed by atoms with van der Waals surface area (Å²) in [6, 6.07) is 9.57. The molecule has 0 heterocycles. The number of carbonyl (C=O) groups excluding carboxylic acids is 1. The van der Waals surface area contributed by atoms with Gasteiger partial charge in [0, 0.05) is 5.54 Å². The molecule has 0 aliphatic heterocycles. The Hall–Kier alpha value is -1.06. The molecular formula is C12H18ClNO2. The molecule has 0 aliphatic rings. The molecule has 0 saturated heterocycles. The van der Waals surface area contributed by atoms with Crippen molar-refractivity contribution in [3.05, 3.63) is 35.9 Å². The highest BCUT2D eigenvalue weighted by molar-refractivity contribution is 5.85. The SMILES string of the molecule is CCOC(=O)CC(C)(N)c1ccccc1.Cl. The maximum atomic E-state index is 11.3. The first kappa shape index (κ1) is 14.9. The van der Waals surface area contributed by atoms with E-state index in [1.807, 2.05) is 37.3 Å². The van der Waals surface area contributed by atoms with Crippen molar-refractivity contribution in [3.8, 4) is 0 Å². The lowest BCUT2D eigenvalue weighted by Crippen LogP contribution is -2.36. The Kier molecular flexibility index (Phi) is 6.08. The van der Waals surface area contributed by atoms with Gasteiger partial charge >= 0.3 is 5.97 Å². The van der Waals surface area contributed by atoms with Crippen LogP contribution in [0, 0.1) is 0 Å². The van der Waals surface area contributed by atoms with Crippen LogP contribution in [0.2, 0.25) is 0 Å². The Labute approximate surface area is 102 Å². The summed E-state index contributed by atoms with van der Waals surface area (Å²) in [5, 5.41) is 0. The molecule has 0 spiro atoms. The Balaban J connectivity index is 0.00000225. The second kappa shape index (κ2) is 6.51. The van der Waals surface area contributed by atoms with E-state index in [1.54, 1.807) is 6.92 Å². The monoisotopic (exact) mass is 243 g/mol. The molecule has 1 atom stereocenters. The van der Waals surface area contributed by atoms with Crippen LogP contribution in [0.3, 0.4) is 0 Å². The Morgan fingerprint density at radius 1 is 1.38 bits per heavy atom. The topological polar surface area (TPSA) is 52.3 Å². The quantitative estimate of drug-likeness (QED) is 0.826. The van der Waals surface area contributed by atoms with Crippen molar-refractivity contribution in [3.63, 3.8) is 0 Å². The van der Waals surface area contributed by atoms with Gasteiger partial charge in [-0.3, -0.25) is 4.79 Å². The lowest BCUT2D eigenvalue weighted by Gasteiger charge is -2.23. The van der Waals surface area contributed by atoms with Crippen molar-refractivity contribution >= 4 is 18.4 Å². The van der Waals surface area contributed by atoms with Crippen molar-refractivity contribution < 1.29 is 9.53 Å². The molecule has 0 amide bonds. The Morgan fingerprint density at radius 3 is 2.44 bits per heavy atom. The fourth-order valence-corrected chi connectivity index (χ4v) is 1.43. The fourth-order valence-electron chi connectivity index (χ4n) is 1.43. The van der Waals surface area contributed by atoms with Crippen molar-refractivity contribution in [1.29, 1.82) is 0 Å². The van der Waals surface area contributed by atoms with Crippen LogP contribution in [0.4, 0.5) is 0 Å². The number of nitrogens with two attached hydrogens (primary N) is 1. The zero-order valence-electron chi connectivity index (χ0n) is 9.60. The molecule has 90 valence electrons. The predicted molar refractivity (Wildman–Crippen MR) is 66.5 cm³/mol. The molecule has 1 unspecified atom stereocenters. The van der Waals surface area contributed by atoms with Crippen LogP contribution in [-0.4, -0.2) is 12.6 Å². The van der Waals surface area contributed by atoms with E-state index >= 15 is 0 Å². The molecule has 0 fully saturated rings. The first-order chi connectivity index (χ1) is 7.06. The third-order valence-electron chi connectivity index (χ3n) is 2.25. The smallest absolute Gasteiger partial charge is 0.307 e. The van der Waals surface area contributed by atoms with Gasteiger partial charge in [-0.25, -0.2) is 0 Å². The summed E-state index contributed by atoms with van der Waals surface area (Å²) < 4.78 is 4.88. The molecule has 0 saturated carbocycles.